The minimum atomic E-state index is -1.00. The quantitative estimate of drug-likeness (QED) is 0.850. The van der Waals surface area contributed by atoms with E-state index >= 15 is 0 Å². The summed E-state index contributed by atoms with van der Waals surface area (Å²) < 4.78 is 1.62. The second-order valence-corrected chi connectivity index (χ2v) is 5.12. The standard InChI is InChI=1S/C13H14N2O3/c1-13(6-3-7-13)15-10-8(11(16)17)4-2-5-9(10)14-12(15)18/h2,4-5H,3,6-7H2,1H3,(H,14,18)(H,16,17). The molecule has 3 rings (SSSR count). The molecule has 1 fully saturated rings. The highest BCUT2D eigenvalue weighted by Crippen LogP contribution is 2.39. The number of aromatic nitrogens is 2. The van der Waals surface area contributed by atoms with Crippen LogP contribution in [-0.2, 0) is 5.54 Å². The molecule has 0 radical (unpaired) electrons. The van der Waals surface area contributed by atoms with Crippen LogP contribution >= 0.6 is 0 Å². The maximum absolute atomic E-state index is 12.1. The molecule has 0 unspecified atom stereocenters. The first kappa shape index (κ1) is 11.1. The molecule has 1 heterocycles. The van der Waals surface area contributed by atoms with E-state index in [2.05, 4.69) is 4.98 Å². The predicted octanol–water partition coefficient (Wildman–Crippen LogP) is 1.93. The van der Waals surface area contributed by atoms with E-state index < -0.39 is 5.97 Å². The number of hydrogen-bond donors (Lipinski definition) is 2. The van der Waals surface area contributed by atoms with Crippen molar-refractivity contribution in [2.24, 2.45) is 0 Å². The van der Waals surface area contributed by atoms with E-state index in [0.717, 1.165) is 19.3 Å². The van der Waals surface area contributed by atoms with E-state index in [1.807, 2.05) is 6.92 Å². The summed E-state index contributed by atoms with van der Waals surface area (Å²) in [4.78, 5) is 26.1. The van der Waals surface area contributed by atoms with Crippen molar-refractivity contribution >= 4 is 17.0 Å². The van der Waals surface area contributed by atoms with Gasteiger partial charge in [-0.2, -0.15) is 0 Å². The molecule has 0 spiro atoms. The third-order valence-electron chi connectivity index (χ3n) is 3.91. The van der Waals surface area contributed by atoms with Gasteiger partial charge in [-0.15, -0.1) is 0 Å². The summed E-state index contributed by atoms with van der Waals surface area (Å²) in [5.74, 6) is -1.00. The van der Waals surface area contributed by atoms with Gasteiger partial charge >= 0.3 is 11.7 Å². The van der Waals surface area contributed by atoms with E-state index in [-0.39, 0.29) is 16.8 Å². The van der Waals surface area contributed by atoms with Gasteiger partial charge in [0.05, 0.1) is 16.6 Å². The summed E-state index contributed by atoms with van der Waals surface area (Å²) >= 11 is 0. The number of carboxylic acid groups (broad SMARTS) is 1. The zero-order valence-electron chi connectivity index (χ0n) is 10.1. The lowest BCUT2D eigenvalue weighted by Gasteiger charge is -2.39. The molecular formula is C13H14N2O3. The van der Waals surface area contributed by atoms with E-state index in [0.29, 0.717) is 11.0 Å². The number of para-hydroxylation sites is 1. The fraction of sp³-hybridized carbons (Fsp3) is 0.385. The van der Waals surface area contributed by atoms with Crippen LogP contribution in [0.4, 0.5) is 0 Å². The van der Waals surface area contributed by atoms with Crippen LogP contribution in [0.25, 0.3) is 11.0 Å². The van der Waals surface area contributed by atoms with Crippen molar-refractivity contribution in [3.05, 3.63) is 34.2 Å². The van der Waals surface area contributed by atoms with Crippen LogP contribution in [0.5, 0.6) is 0 Å². The molecule has 1 aliphatic carbocycles. The van der Waals surface area contributed by atoms with Crippen molar-refractivity contribution < 1.29 is 9.90 Å². The Labute approximate surface area is 103 Å². The molecule has 1 aliphatic rings. The highest BCUT2D eigenvalue weighted by Gasteiger charge is 2.37. The Kier molecular flexibility index (Phi) is 2.14. The van der Waals surface area contributed by atoms with Crippen LogP contribution in [0.3, 0.4) is 0 Å². The number of aromatic carboxylic acids is 1. The monoisotopic (exact) mass is 246 g/mol. The number of nitrogens with one attached hydrogen (secondary N) is 1. The molecule has 1 saturated carbocycles. The molecule has 2 N–H and O–H groups in total. The van der Waals surface area contributed by atoms with Crippen LogP contribution in [0, 0.1) is 0 Å². The maximum Gasteiger partial charge on any atom is 0.337 e. The summed E-state index contributed by atoms with van der Waals surface area (Å²) in [5.41, 5.74) is 0.811. The Morgan fingerprint density at radius 2 is 2.17 bits per heavy atom. The largest absolute Gasteiger partial charge is 0.478 e. The lowest BCUT2D eigenvalue weighted by molar-refractivity contribution is 0.0697. The van der Waals surface area contributed by atoms with Crippen molar-refractivity contribution in [3.63, 3.8) is 0 Å². The Morgan fingerprint density at radius 1 is 1.44 bits per heavy atom. The number of benzene rings is 1. The normalized spacial score (nSPS) is 17.6. The van der Waals surface area contributed by atoms with Gasteiger partial charge in [-0.25, -0.2) is 9.59 Å². The predicted molar refractivity (Wildman–Crippen MR) is 67.0 cm³/mol. The first-order valence-corrected chi connectivity index (χ1v) is 6.00. The van der Waals surface area contributed by atoms with Crippen LogP contribution in [-0.4, -0.2) is 20.6 Å². The minimum absolute atomic E-state index is 0.180. The summed E-state index contributed by atoms with van der Waals surface area (Å²) in [5, 5.41) is 9.24. The third-order valence-corrected chi connectivity index (χ3v) is 3.91. The van der Waals surface area contributed by atoms with Gasteiger partial charge < -0.3 is 10.1 Å². The Balaban J connectivity index is 2.40. The molecule has 0 saturated heterocycles. The summed E-state index contributed by atoms with van der Waals surface area (Å²) in [7, 11) is 0. The number of carbonyl (C=O) groups is 1. The van der Waals surface area contributed by atoms with Gasteiger partial charge in [0.15, 0.2) is 0 Å². The molecule has 94 valence electrons. The lowest BCUT2D eigenvalue weighted by atomic mass is 9.78. The second-order valence-electron chi connectivity index (χ2n) is 5.12. The number of carboxylic acids is 1. The van der Waals surface area contributed by atoms with E-state index in [9.17, 15) is 14.7 Å². The number of H-pyrrole nitrogens is 1. The average molecular weight is 246 g/mol. The summed E-state index contributed by atoms with van der Waals surface area (Å²) in [6.45, 7) is 2.00. The zero-order chi connectivity index (χ0) is 12.9. The van der Waals surface area contributed by atoms with Gasteiger partial charge in [-0.05, 0) is 38.3 Å². The van der Waals surface area contributed by atoms with Crippen LogP contribution in [0.1, 0.15) is 36.5 Å². The highest BCUT2D eigenvalue weighted by atomic mass is 16.4. The van der Waals surface area contributed by atoms with Gasteiger partial charge in [-0.3, -0.25) is 4.57 Å². The van der Waals surface area contributed by atoms with Gasteiger partial charge in [-0.1, -0.05) is 6.07 Å². The average Bonchev–Trinajstić information content (AvgIpc) is 2.61. The molecule has 0 bridgehead atoms. The fourth-order valence-corrected chi connectivity index (χ4v) is 2.76. The SMILES string of the molecule is CC1(n2c(=O)[nH]c3cccc(C(=O)O)c32)CCC1. The van der Waals surface area contributed by atoms with E-state index in [1.54, 1.807) is 16.7 Å². The lowest BCUT2D eigenvalue weighted by Crippen LogP contribution is -2.43. The summed E-state index contributed by atoms with van der Waals surface area (Å²) in [6.07, 6.45) is 2.90. The Bertz CT molecular complexity index is 692. The van der Waals surface area contributed by atoms with E-state index in [1.165, 1.54) is 6.07 Å². The molecule has 2 aromatic rings. The molecule has 5 nitrogen and oxygen atoms in total. The highest BCUT2D eigenvalue weighted by molar-refractivity contribution is 6.01. The second kappa shape index (κ2) is 3.48. The molecule has 1 aromatic heterocycles. The number of aromatic amines is 1. The smallest absolute Gasteiger partial charge is 0.337 e. The third kappa shape index (κ3) is 1.33. The fourth-order valence-electron chi connectivity index (χ4n) is 2.76. The van der Waals surface area contributed by atoms with Crippen LogP contribution < -0.4 is 5.69 Å². The molecule has 18 heavy (non-hydrogen) atoms. The first-order valence-electron chi connectivity index (χ1n) is 6.00. The molecular weight excluding hydrogens is 232 g/mol. The van der Waals surface area contributed by atoms with Crippen molar-refractivity contribution in [2.75, 3.05) is 0 Å². The number of nitrogens with zero attached hydrogens (tertiary/aromatic N) is 1. The first-order chi connectivity index (χ1) is 8.53. The Hall–Kier alpha value is -2.04. The topological polar surface area (TPSA) is 75.1 Å². The van der Waals surface area contributed by atoms with Crippen LogP contribution in [0.2, 0.25) is 0 Å². The Morgan fingerprint density at radius 3 is 2.72 bits per heavy atom. The van der Waals surface area contributed by atoms with Gasteiger partial charge in [0.2, 0.25) is 0 Å². The number of rotatable bonds is 2. The number of fused-ring (bicyclic) bond motifs is 1. The maximum atomic E-state index is 12.1. The van der Waals surface area contributed by atoms with Crippen molar-refractivity contribution in [3.8, 4) is 0 Å². The van der Waals surface area contributed by atoms with Crippen molar-refractivity contribution in [2.45, 2.75) is 31.7 Å². The van der Waals surface area contributed by atoms with E-state index in [4.69, 9.17) is 0 Å². The zero-order valence-corrected chi connectivity index (χ0v) is 10.1. The van der Waals surface area contributed by atoms with Crippen molar-refractivity contribution in [1.82, 2.24) is 9.55 Å². The number of imidazole rings is 1. The summed E-state index contributed by atoms with van der Waals surface area (Å²) in [6, 6.07) is 4.92. The molecule has 0 aliphatic heterocycles. The van der Waals surface area contributed by atoms with Gasteiger partial charge in [0.25, 0.3) is 0 Å². The minimum Gasteiger partial charge on any atom is -0.478 e. The molecule has 1 aromatic carbocycles. The molecule has 0 amide bonds. The van der Waals surface area contributed by atoms with Crippen LogP contribution in [0.15, 0.2) is 23.0 Å². The van der Waals surface area contributed by atoms with Gasteiger partial charge in [0.1, 0.15) is 0 Å². The van der Waals surface area contributed by atoms with Gasteiger partial charge in [0, 0.05) is 5.54 Å². The number of hydrogen-bond acceptors (Lipinski definition) is 2. The molecule has 0 atom stereocenters. The van der Waals surface area contributed by atoms with Crippen molar-refractivity contribution in [1.29, 1.82) is 0 Å². The molecule has 5 heteroatoms.